The van der Waals surface area contributed by atoms with Crippen LogP contribution in [0.3, 0.4) is 0 Å². The molecule has 0 bridgehead atoms. The van der Waals surface area contributed by atoms with Crippen molar-refractivity contribution in [3.05, 3.63) is 0 Å². The van der Waals surface area contributed by atoms with Crippen LogP contribution in [0, 0.1) is 0 Å². The Morgan fingerprint density at radius 1 is 1.44 bits per heavy atom. The summed E-state index contributed by atoms with van der Waals surface area (Å²) in [5.41, 5.74) is 0. The summed E-state index contributed by atoms with van der Waals surface area (Å²) in [6.07, 6.45) is -0.0821. The molecular formula is C11H22N2O4S. The molecule has 0 spiro atoms. The SMILES string of the molecule is CCOC(=O)CCS(=O)(=O)N1CC(C)NCC1C. The van der Waals surface area contributed by atoms with Crippen LogP contribution in [-0.2, 0) is 19.6 Å². The van der Waals surface area contributed by atoms with Crippen molar-refractivity contribution in [1.29, 1.82) is 0 Å². The molecular weight excluding hydrogens is 256 g/mol. The van der Waals surface area contributed by atoms with E-state index in [0.29, 0.717) is 13.1 Å². The van der Waals surface area contributed by atoms with E-state index in [1.165, 1.54) is 4.31 Å². The summed E-state index contributed by atoms with van der Waals surface area (Å²) in [6.45, 7) is 6.87. The maximum Gasteiger partial charge on any atom is 0.306 e. The zero-order valence-corrected chi connectivity index (χ0v) is 12.0. The Kier molecular flexibility index (Phi) is 5.55. The van der Waals surface area contributed by atoms with E-state index in [2.05, 4.69) is 5.32 Å². The van der Waals surface area contributed by atoms with E-state index in [1.54, 1.807) is 6.92 Å². The van der Waals surface area contributed by atoms with Gasteiger partial charge < -0.3 is 10.1 Å². The van der Waals surface area contributed by atoms with Crippen LogP contribution in [0.4, 0.5) is 0 Å². The number of hydrogen-bond acceptors (Lipinski definition) is 5. The molecule has 7 heteroatoms. The summed E-state index contributed by atoms with van der Waals surface area (Å²) in [5.74, 6) is -0.639. The zero-order chi connectivity index (χ0) is 13.8. The molecule has 2 atom stereocenters. The summed E-state index contributed by atoms with van der Waals surface area (Å²) < 4.78 is 30.5. The fraction of sp³-hybridized carbons (Fsp3) is 0.909. The van der Waals surface area contributed by atoms with Gasteiger partial charge >= 0.3 is 5.97 Å². The Bertz CT molecular complexity index is 383. The number of nitrogens with zero attached hydrogens (tertiary/aromatic N) is 1. The molecule has 106 valence electrons. The molecule has 18 heavy (non-hydrogen) atoms. The standard InChI is InChI=1S/C11H22N2O4S/c1-4-17-11(14)5-6-18(15,16)13-8-9(2)12-7-10(13)3/h9-10,12H,4-8H2,1-3H3. The van der Waals surface area contributed by atoms with Gasteiger partial charge in [0.25, 0.3) is 0 Å². The predicted octanol–water partition coefficient (Wildman–Crippen LogP) is -0.0484. The van der Waals surface area contributed by atoms with Crippen molar-refractivity contribution >= 4 is 16.0 Å². The van der Waals surface area contributed by atoms with E-state index < -0.39 is 16.0 Å². The van der Waals surface area contributed by atoms with Gasteiger partial charge in [-0.3, -0.25) is 4.79 Å². The van der Waals surface area contributed by atoms with Crippen molar-refractivity contribution in [2.45, 2.75) is 39.3 Å². The van der Waals surface area contributed by atoms with Crippen LogP contribution >= 0.6 is 0 Å². The van der Waals surface area contributed by atoms with Crippen LogP contribution in [0.2, 0.25) is 0 Å². The molecule has 1 aliphatic rings. The number of carbonyl (C=O) groups is 1. The normalized spacial score (nSPS) is 25.9. The first-order valence-corrected chi connectivity index (χ1v) is 7.86. The average Bonchev–Trinajstić information content (AvgIpc) is 2.30. The molecule has 1 fully saturated rings. The molecule has 6 nitrogen and oxygen atoms in total. The van der Waals surface area contributed by atoms with E-state index in [4.69, 9.17) is 4.74 Å². The minimum atomic E-state index is -3.39. The van der Waals surface area contributed by atoms with Gasteiger partial charge in [0.1, 0.15) is 0 Å². The Balaban J connectivity index is 2.59. The van der Waals surface area contributed by atoms with Gasteiger partial charge in [0.2, 0.25) is 10.0 Å². The molecule has 1 saturated heterocycles. The molecule has 1 N–H and O–H groups in total. The largest absolute Gasteiger partial charge is 0.466 e. The molecule has 1 heterocycles. The number of rotatable bonds is 5. The van der Waals surface area contributed by atoms with Crippen molar-refractivity contribution in [2.75, 3.05) is 25.4 Å². The number of esters is 1. The lowest BCUT2D eigenvalue weighted by Gasteiger charge is -2.36. The van der Waals surface area contributed by atoms with Crippen molar-refractivity contribution in [3.8, 4) is 0 Å². The fourth-order valence-electron chi connectivity index (χ4n) is 1.94. The Morgan fingerprint density at radius 2 is 2.11 bits per heavy atom. The highest BCUT2D eigenvalue weighted by Gasteiger charge is 2.32. The van der Waals surface area contributed by atoms with E-state index in [9.17, 15) is 13.2 Å². The maximum absolute atomic E-state index is 12.1. The van der Waals surface area contributed by atoms with Crippen molar-refractivity contribution in [2.24, 2.45) is 0 Å². The molecule has 0 saturated carbocycles. The second kappa shape index (κ2) is 6.49. The maximum atomic E-state index is 12.1. The lowest BCUT2D eigenvalue weighted by atomic mass is 10.2. The monoisotopic (exact) mass is 278 g/mol. The quantitative estimate of drug-likeness (QED) is 0.714. The molecule has 0 radical (unpaired) electrons. The number of ether oxygens (including phenoxy) is 1. The van der Waals surface area contributed by atoms with Gasteiger partial charge in [-0.25, -0.2) is 8.42 Å². The highest BCUT2D eigenvalue weighted by atomic mass is 32.2. The average molecular weight is 278 g/mol. The zero-order valence-electron chi connectivity index (χ0n) is 11.2. The van der Waals surface area contributed by atoms with E-state index in [0.717, 1.165) is 0 Å². The molecule has 0 amide bonds. The van der Waals surface area contributed by atoms with Crippen LogP contribution in [0.5, 0.6) is 0 Å². The summed E-state index contributed by atoms with van der Waals surface area (Å²) in [6, 6.07) is 0.0620. The van der Waals surface area contributed by atoms with Gasteiger partial charge in [0.15, 0.2) is 0 Å². The van der Waals surface area contributed by atoms with Crippen LogP contribution in [0.25, 0.3) is 0 Å². The van der Waals surface area contributed by atoms with Crippen molar-refractivity contribution in [3.63, 3.8) is 0 Å². The molecule has 1 aliphatic heterocycles. The summed E-state index contributed by atoms with van der Waals surface area (Å²) in [5, 5.41) is 3.22. The predicted molar refractivity (Wildman–Crippen MR) is 68.7 cm³/mol. The van der Waals surface area contributed by atoms with Crippen molar-refractivity contribution in [1.82, 2.24) is 9.62 Å². The first-order valence-electron chi connectivity index (χ1n) is 6.25. The number of carbonyl (C=O) groups excluding carboxylic acids is 1. The highest BCUT2D eigenvalue weighted by molar-refractivity contribution is 7.89. The first-order chi connectivity index (χ1) is 8.36. The van der Waals surface area contributed by atoms with Gasteiger partial charge in [-0.15, -0.1) is 0 Å². The van der Waals surface area contributed by atoms with Gasteiger partial charge in [-0.1, -0.05) is 0 Å². The van der Waals surface area contributed by atoms with Crippen LogP contribution in [0.1, 0.15) is 27.2 Å². The first kappa shape index (κ1) is 15.4. The van der Waals surface area contributed by atoms with Gasteiger partial charge in [0.05, 0.1) is 18.8 Å². The number of hydrogen-bond donors (Lipinski definition) is 1. The number of sulfonamides is 1. The minimum Gasteiger partial charge on any atom is -0.466 e. The third-order valence-electron chi connectivity index (χ3n) is 2.93. The van der Waals surface area contributed by atoms with Crippen molar-refractivity contribution < 1.29 is 17.9 Å². The second-order valence-corrected chi connectivity index (χ2v) is 6.64. The van der Waals surface area contributed by atoms with Crippen LogP contribution in [0.15, 0.2) is 0 Å². The van der Waals surface area contributed by atoms with Crippen LogP contribution < -0.4 is 5.32 Å². The van der Waals surface area contributed by atoms with E-state index in [1.807, 2.05) is 13.8 Å². The number of nitrogens with one attached hydrogen (secondary N) is 1. The Morgan fingerprint density at radius 3 is 2.72 bits per heavy atom. The topological polar surface area (TPSA) is 75.7 Å². The molecule has 0 aromatic carbocycles. The fourth-order valence-corrected chi connectivity index (χ4v) is 3.67. The molecule has 1 rings (SSSR count). The smallest absolute Gasteiger partial charge is 0.306 e. The molecule has 2 unspecified atom stereocenters. The summed E-state index contributed by atoms with van der Waals surface area (Å²) in [7, 11) is -3.39. The Labute approximate surface area is 109 Å². The van der Waals surface area contributed by atoms with Gasteiger partial charge in [0, 0.05) is 25.2 Å². The Hall–Kier alpha value is -0.660. The molecule has 0 aromatic rings. The van der Waals surface area contributed by atoms with Gasteiger partial charge in [-0.2, -0.15) is 4.31 Å². The highest BCUT2D eigenvalue weighted by Crippen LogP contribution is 2.13. The van der Waals surface area contributed by atoms with E-state index >= 15 is 0 Å². The minimum absolute atomic E-state index is 0.0756. The lowest BCUT2D eigenvalue weighted by molar-refractivity contribution is -0.142. The van der Waals surface area contributed by atoms with Crippen LogP contribution in [-0.4, -0.2) is 56.2 Å². The second-order valence-electron chi connectivity index (χ2n) is 4.60. The number of piperazine rings is 1. The lowest BCUT2D eigenvalue weighted by Crippen LogP contribution is -2.56. The molecule has 0 aromatic heterocycles. The third-order valence-corrected chi connectivity index (χ3v) is 4.88. The summed E-state index contributed by atoms with van der Waals surface area (Å²) in [4.78, 5) is 11.2. The summed E-state index contributed by atoms with van der Waals surface area (Å²) >= 11 is 0. The van der Waals surface area contributed by atoms with E-state index in [-0.39, 0.29) is 30.9 Å². The third kappa shape index (κ3) is 4.22. The van der Waals surface area contributed by atoms with Gasteiger partial charge in [-0.05, 0) is 20.8 Å². The molecule has 0 aliphatic carbocycles.